The molecular weight excluding hydrogens is 244 g/mol. The summed E-state index contributed by atoms with van der Waals surface area (Å²) in [5.74, 6) is 0.494. The Morgan fingerprint density at radius 1 is 1.37 bits per heavy atom. The summed E-state index contributed by atoms with van der Waals surface area (Å²) < 4.78 is 0. The normalized spacial score (nSPS) is 10.4. The predicted octanol–water partition coefficient (Wildman–Crippen LogP) is 1.50. The number of aliphatic hydroxyl groups is 1. The predicted molar refractivity (Wildman–Crippen MR) is 70.7 cm³/mol. The highest BCUT2D eigenvalue weighted by Gasteiger charge is 2.12. The van der Waals surface area contributed by atoms with Crippen LogP contribution in [0.1, 0.15) is 35.4 Å². The van der Waals surface area contributed by atoms with E-state index in [4.69, 9.17) is 5.11 Å². The van der Waals surface area contributed by atoms with E-state index < -0.39 is 0 Å². The van der Waals surface area contributed by atoms with Gasteiger partial charge in [0.25, 0.3) is 5.91 Å². The van der Waals surface area contributed by atoms with Crippen LogP contribution in [-0.4, -0.2) is 26.2 Å². The van der Waals surface area contributed by atoms with E-state index in [0.717, 1.165) is 18.4 Å². The molecule has 6 heteroatoms. The molecule has 19 heavy (non-hydrogen) atoms. The van der Waals surface area contributed by atoms with Crippen molar-refractivity contribution in [3.8, 4) is 0 Å². The molecule has 0 spiro atoms. The number of carbonyl (C=O) groups is 1. The quantitative estimate of drug-likeness (QED) is 0.759. The number of hydrogen-bond acceptors (Lipinski definition) is 4. The minimum Gasteiger partial charge on any atom is -0.392 e. The maximum absolute atomic E-state index is 11.9. The van der Waals surface area contributed by atoms with Crippen LogP contribution in [0.4, 0.5) is 5.69 Å². The molecule has 6 nitrogen and oxygen atoms in total. The number of hydrogen-bond donors (Lipinski definition) is 3. The van der Waals surface area contributed by atoms with Crippen LogP contribution in [0.3, 0.4) is 0 Å². The number of carbonyl (C=O) groups excluding carboxylic acids is 1. The molecule has 0 radical (unpaired) electrons. The molecular formula is C13H16N4O2. The number of aryl methyl sites for hydroxylation is 1. The minimum absolute atomic E-state index is 0.0183. The third-order valence-electron chi connectivity index (χ3n) is 2.62. The van der Waals surface area contributed by atoms with Crippen LogP contribution in [0.15, 0.2) is 24.3 Å². The Labute approximate surface area is 110 Å². The number of aliphatic hydroxyl groups excluding tert-OH is 1. The van der Waals surface area contributed by atoms with Crippen molar-refractivity contribution in [2.24, 2.45) is 0 Å². The van der Waals surface area contributed by atoms with Gasteiger partial charge in [-0.05, 0) is 24.1 Å². The van der Waals surface area contributed by atoms with Crippen LogP contribution in [-0.2, 0) is 13.0 Å². The van der Waals surface area contributed by atoms with Crippen molar-refractivity contribution in [1.82, 2.24) is 15.2 Å². The molecule has 0 aliphatic heterocycles. The first-order valence-corrected chi connectivity index (χ1v) is 6.15. The van der Waals surface area contributed by atoms with Gasteiger partial charge >= 0.3 is 0 Å². The Balaban J connectivity index is 2.02. The Morgan fingerprint density at radius 3 is 2.74 bits per heavy atom. The van der Waals surface area contributed by atoms with Gasteiger partial charge in [0, 0.05) is 12.1 Å². The van der Waals surface area contributed by atoms with E-state index in [9.17, 15) is 4.79 Å². The molecule has 3 N–H and O–H groups in total. The lowest BCUT2D eigenvalue weighted by molar-refractivity contribution is 0.101. The lowest BCUT2D eigenvalue weighted by Gasteiger charge is -2.03. The van der Waals surface area contributed by atoms with E-state index in [-0.39, 0.29) is 18.3 Å². The largest absolute Gasteiger partial charge is 0.392 e. The van der Waals surface area contributed by atoms with Gasteiger partial charge in [-0.25, -0.2) is 4.98 Å². The number of benzene rings is 1. The summed E-state index contributed by atoms with van der Waals surface area (Å²) in [6.07, 6.45) is 1.71. The zero-order chi connectivity index (χ0) is 13.7. The fourth-order valence-corrected chi connectivity index (χ4v) is 1.63. The summed E-state index contributed by atoms with van der Waals surface area (Å²) in [4.78, 5) is 16.0. The number of H-pyrrole nitrogens is 1. The first kappa shape index (κ1) is 13.2. The highest BCUT2D eigenvalue weighted by atomic mass is 16.3. The highest BCUT2D eigenvalue weighted by Crippen LogP contribution is 2.10. The van der Waals surface area contributed by atoms with E-state index in [2.05, 4.69) is 20.5 Å². The molecule has 0 atom stereocenters. The zero-order valence-corrected chi connectivity index (χ0v) is 10.7. The van der Waals surface area contributed by atoms with E-state index in [1.165, 1.54) is 0 Å². The van der Waals surface area contributed by atoms with Crippen molar-refractivity contribution >= 4 is 11.6 Å². The molecule has 0 bridgehead atoms. The molecule has 1 heterocycles. The summed E-state index contributed by atoms with van der Waals surface area (Å²) in [5.41, 5.74) is 1.44. The maximum atomic E-state index is 11.9. The summed E-state index contributed by atoms with van der Waals surface area (Å²) in [6, 6.07) is 6.94. The molecule has 1 aromatic heterocycles. The van der Waals surface area contributed by atoms with Gasteiger partial charge in [0.15, 0.2) is 0 Å². The van der Waals surface area contributed by atoms with Crippen LogP contribution in [0.2, 0.25) is 0 Å². The number of nitrogens with zero attached hydrogens (tertiary/aromatic N) is 2. The number of anilines is 1. The first-order chi connectivity index (χ1) is 9.22. The number of nitrogens with one attached hydrogen (secondary N) is 2. The lowest BCUT2D eigenvalue weighted by Crippen LogP contribution is -2.13. The summed E-state index contributed by atoms with van der Waals surface area (Å²) in [6.45, 7) is 2.01. The molecule has 0 unspecified atom stereocenters. The van der Waals surface area contributed by atoms with Gasteiger partial charge in [-0.1, -0.05) is 19.1 Å². The van der Waals surface area contributed by atoms with Gasteiger partial charge in [-0.3, -0.25) is 9.89 Å². The second kappa shape index (κ2) is 6.10. The summed E-state index contributed by atoms with van der Waals surface area (Å²) in [5, 5.41) is 18.2. The van der Waals surface area contributed by atoms with Crippen molar-refractivity contribution in [1.29, 1.82) is 0 Å². The van der Waals surface area contributed by atoms with Gasteiger partial charge in [0.2, 0.25) is 5.82 Å². The standard InChI is InChI=1S/C13H16N4O2/c1-2-3-11-15-12(17-16-11)13(19)14-10-6-4-9(8-18)5-7-10/h4-7,18H,2-3,8H2,1H3,(H,14,19)(H,15,16,17). The van der Waals surface area contributed by atoms with Gasteiger partial charge in [0.05, 0.1) is 6.61 Å². The number of rotatable bonds is 5. The van der Waals surface area contributed by atoms with E-state index in [0.29, 0.717) is 11.5 Å². The van der Waals surface area contributed by atoms with Gasteiger partial charge in [0.1, 0.15) is 5.82 Å². The molecule has 2 aromatic rings. The Kier molecular flexibility index (Phi) is 4.25. The van der Waals surface area contributed by atoms with Crippen molar-refractivity contribution in [2.75, 3.05) is 5.32 Å². The average Bonchev–Trinajstić information content (AvgIpc) is 2.89. The van der Waals surface area contributed by atoms with Crippen LogP contribution in [0.25, 0.3) is 0 Å². The molecule has 0 aliphatic rings. The average molecular weight is 260 g/mol. The van der Waals surface area contributed by atoms with E-state index in [1.807, 2.05) is 6.92 Å². The van der Waals surface area contributed by atoms with Gasteiger partial charge in [-0.2, -0.15) is 0 Å². The molecule has 100 valence electrons. The summed E-state index contributed by atoms with van der Waals surface area (Å²) in [7, 11) is 0. The number of aromatic nitrogens is 3. The topological polar surface area (TPSA) is 90.9 Å². The third kappa shape index (κ3) is 3.38. The van der Waals surface area contributed by atoms with Crippen LogP contribution in [0, 0.1) is 0 Å². The molecule has 0 saturated heterocycles. The molecule has 1 aromatic carbocycles. The molecule has 2 rings (SSSR count). The van der Waals surface area contributed by atoms with E-state index >= 15 is 0 Å². The molecule has 0 saturated carbocycles. The van der Waals surface area contributed by atoms with Crippen molar-refractivity contribution in [3.05, 3.63) is 41.5 Å². The Hall–Kier alpha value is -2.21. The second-order valence-electron chi connectivity index (χ2n) is 4.16. The zero-order valence-electron chi connectivity index (χ0n) is 10.7. The van der Waals surface area contributed by atoms with Crippen molar-refractivity contribution < 1.29 is 9.90 Å². The minimum atomic E-state index is -0.352. The first-order valence-electron chi connectivity index (χ1n) is 6.15. The fourth-order valence-electron chi connectivity index (χ4n) is 1.63. The second-order valence-corrected chi connectivity index (χ2v) is 4.16. The smallest absolute Gasteiger partial charge is 0.295 e. The Bertz CT molecular complexity index is 548. The third-order valence-corrected chi connectivity index (χ3v) is 2.62. The molecule has 0 fully saturated rings. The molecule has 1 amide bonds. The fraction of sp³-hybridized carbons (Fsp3) is 0.308. The number of amides is 1. The monoisotopic (exact) mass is 260 g/mol. The highest BCUT2D eigenvalue weighted by molar-refractivity contribution is 6.01. The van der Waals surface area contributed by atoms with Crippen LogP contribution in [0.5, 0.6) is 0 Å². The molecule has 0 aliphatic carbocycles. The summed E-state index contributed by atoms with van der Waals surface area (Å²) >= 11 is 0. The lowest BCUT2D eigenvalue weighted by atomic mass is 10.2. The van der Waals surface area contributed by atoms with Crippen LogP contribution >= 0.6 is 0 Å². The Morgan fingerprint density at radius 2 is 2.11 bits per heavy atom. The van der Waals surface area contributed by atoms with Gasteiger partial charge in [-0.15, -0.1) is 5.10 Å². The van der Waals surface area contributed by atoms with Crippen molar-refractivity contribution in [2.45, 2.75) is 26.4 Å². The van der Waals surface area contributed by atoms with E-state index in [1.54, 1.807) is 24.3 Å². The number of aromatic amines is 1. The SMILES string of the molecule is CCCc1nc(C(=O)Nc2ccc(CO)cc2)n[nH]1. The van der Waals surface area contributed by atoms with Crippen molar-refractivity contribution in [3.63, 3.8) is 0 Å². The maximum Gasteiger partial charge on any atom is 0.295 e. The van der Waals surface area contributed by atoms with Gasteiger partial charge < -0.3 is 10.4 Å². The van der Waals surface area contributed by atoms with Crippen LogP contribution < -0.4 is 5.32 Å².